The fourth-order valence-corrected chi connectivity index (χ4v) is 1.96. The molecule has 90 valence electrons. The molecule has 1 aromatic carbocycles. The van der Waals surface area contributed by atoms with Gasteiger partial charge in [-0.1, -0.05) is 12.1 Å². The lowest BCUT2D eigenvalue weighted by molar-refractivity contribution is 0.551. The molecule has 0 spiro atoms. The van der Waals surface area contributed by atoms with Crippen LogP contribution in [0.1, 0.15) is 5.56 Å². The van der Waals surface area contributed by atoms with E-state index in [1.165, 1.54) is 0 Å². The molecule has 0 saturated heterocycles. The molecule has 0 aliphatic heterocycles. The molecule has 0 atom stereocenters. The van der Waals surface area contributed by atoms with E-state index in [-0.39, 0.29) is 6.42 Å². The summed E-state index contributed by atoms with van der Waals surface area (Å²) in [5, 5.41) is 4.06. The third kappa shape index (κ3) is 3.39. The van der Waals surface area contributed by atoms with Gasteiger partial charge in [0.2, 0.25) is 0 Å². The lowest BCUT2D eigenvalue weighted by Gasteiger charge is -2.03. The van der Waals surface area contributed by atoms with E-state index >= 15 is 0 Å². The Morgan fingerprint density at radius 1 is 1.24 bits per heavy atom. The van der Waals surface area contributed by atoms with Gasteiger partial charge in [0.05, 0.1) is 11.4 Å². The van der Waals surface area contributed by atoms with E-state index in [0.717, 1.165) is 11.3 Å². The number of hydrogen-bond donors (Lipinski definition) is 0. The van der Waals surface area contributed by atoms with Gasteiger partial charge in [0.15, 0.2) is 0 Å². The largest absolute Gasteiger partial charge is 0.302 e. The van der Waals surface area contributed by atoms with Crippen LogP contribution in [0.5, 0.6) is 0 Å². The number of rotatable bonds is 4. The van der Waals surface area contributed by atoms with Crippen LogP contribution in [0, 0.1) is 0 Å². The van der Waals surface area contributed by atoms with Gasteiger partial charge in [-0.25, -0.2) is 4.68 Å². The van der Waals surface area contributed by atoms with Crippen molar-refractivity contribution in [1.82, 2.24) is 9.78 Å². The van der Waals surface area contributed by atoms with Crippen LogP contribution < -0.4 is 0 Å². The summed E-state index contributed by atoms with van der Waals surface area (Å²) in [7, 11) is -4.39. The van der Waals surface area contributed by atoms with Crippen molar-refractivity contribution in [2.24, 2.45) is 0 Å². The molecule has 0 radical (unpaired) electrons. The van der Waals surface area contributed by atoms with Crippen LogP contribution in [0.2, 0.25) is 0 Å². The summed E-state index contributed by atoms with van der Waals surface area (Å²) in [6.07, 6.45) is 3.66. The average Bonchev–Trinajstić information content (AvgIpc) is 2.79. The van der Waals surface area contributed by atoms with E-state index in [0.29, 0.717) is 0 Å². The molecule has 0 bridgehead atoms. The first kappa shape index (κ1) is 11.8. The van der Waals surface area contributed by atoms with E-state index < -0.39 is 16.0 Å². The van der Waals surface area contributed by atoms with Crippen molar-refractivity contribution in [2.75, 3.05) is 5.75 Å². The van der Waals surface area contributed by atoms with Gasteiger partial charge in [-0.05, 0) is 30.2 Å². The summed E-state index contributed by atoms with van der Waals surface area (Å²) in [6, 6.07) is 8.97. The Labute approximate surface area is 98.9 Å². The van der Waals surface area contributed by atoms with Crippen molar-refractivity contribution >= 4 is 10.2 Å². The summed E-state index contributed by atoms with van der Waals surface area (Å²) in [5.74, 6) is -0.478. The second-order valence-electron chi connectivity index (χ2n) is 3.61. The van der Waals surface area contributed by atoms with Gasteiger partial charge >= 0.3 is 10.2 Å². The van der Waals surface area contributed by atoms with Crippen molar-refractivity contribution in [2.45, 2.75) is 6.42 Å². The molecule has 1 heterocycles. The van der Waals surface area contributed by atoms with Gasteiger partial charge in [0.1, 0.15) is 0 Å². The highest BCUT2D eigenvalue weighted by molar-refractivity contribution is 7.86. The van der Waals surface area contributed by atoms with Gasteiger partial charge in [-0.3, -0.25) is 0 Å². The minimum atomic E-state index is -4.39. The molecule has 0 amide bonds. The second kappa shape index (κ2) is 4.67. The maximum absolute atomic E-state index is 12.3. The molecule has 0 N–H and O–H groups in total. The van der Waals surface area contributed by atoms with Crippen LogP contribution in [0.3, 0.4) is 0 Å². The molecular weight excluding hydrogens is 243 g/mol. The Morgan fingerprint density at radius 2 is 1.94 bits per heavy atom. The van der Waals surface area contributed by atoms with Crippen LogP contribution in [0.25, 0.3) is 5.69 Å². The van der Waals surface area contributed by atoms with Gasteiger partial charge in [-0.15, -0.1) is 3.89 Å². The summed E-state index contributed by atoms with van der Waals surface area (Å²) < 4.78 is 34.8. The van der Waals surface area contributed by atoms with Crippen molar-refractivity contribution in [1.29, 1.82) is 0 Å². The van der Waals surface area contributed by atoms with Crippen molar-refractivity contribution in [3.05, 3.63) is 48.3 Å². The highest BCUT2D eigenvalue weighted by Crippen LogP contribution is 2.10. The van der Waals surface area contributed by atoms with Gasteiger partial charge in [0, 0.05) is 12.4 Å². The fraction of sp³-hybridized carbons (Fsp3) is 0.182. The third-order valence-electron chi connectivity index (χ3n) is 2.34. The van der Waals surface area contributed by atoms with Crippen LogP contribution in [0.15, 0.2) is 42.7 Å². The molecule has 0 fully saturated rings. The van der Waals surface area contributed by atoms with Gasteiger partial charge in [-0.2, -0.15) is 13.5 Å². The topological polar surface area (TPSA) is 52.0 Å². The number of aromatic nitrogens is 2. The van der Waals surface area contributed by atoms with Gasteiger partial charge in [0.25, 0.3) is 0 Å². The molecule has 0 aliphatic rings. The fourth-order valence-electron chi connectivity index (χ4n) is 1.48. The van der Waals surface area contributed by atoms with Crippen molar-refractivity contribution in [3.8, 4) is 5.69 Å². The number of benzene rings is 1. The molecule has 2 aromatic rings. The second-order valence-corrected chi connectivity index (χ2v) is 5.10. The maximum Gasteiger partial charge on any atom is 0.302 e. The van der Waals surface area contributed by atoms with E-state index in [1.54, 1.807) is 29.2 Å². The molecular formula is C11H11FN2O2S. The highest BCUT2D eigenvalue weighted by Gasteiger charge is 2.07. The zero-order chi connectivity index (χ0) is 12.3. The first-order valence-electron chi connectivity index (χ1n) is 5.06. The number of nitrogens with zero attached hydrogens (tertiary/aromatic N) is 2. The Balaban J connectivity index is 2.09. The maximum atomic E-state index is 12.3. The van der Waals surface area contributed by atoms with E-state index in [1.807, 2.05) is 18.2 Å². The Kier molecular flexibility index (Phi) is 3.23. The molecule has 4 nitrogen and oxygen atoms in total. The summed E-state index contributed by atoms with van der Waals surface area (Å²) in [4.78, 5) is 0. The number of hydrogen-bond acceptors (Lipinski definition) is 3. The molecule has 17 heavy (non-hydrogen) atoms. The van der Waals surface area contributed by atoms with E-state index in [4.69, 9.17) is 0 Å². The first-order valence-corrected chi connectivity index (χ1v) is 6.61. The minimum absolute atomic E-state index is 0.179. The summed E-state index contributed by atoms with van der Waals surface area (Å²) in [6.45, 7) is 0. The molecule has 1 aromatic heterocycles. The van der Waals surface area contributed by atoms with Gasteiger partial charge < -0.3 is 0 Å². The zero-order valence-electron chi connectivity index (χ0n) is 8.95. The predicted octanol–water partition coefficient (Wildman–Crippen LogP) is 1.71. The third-order valence-corrected chi connectivity index (χ3v) is 3.03. The van der Waals surface area contributed by atoms with Crippen molar-refractivity contribution in [3.63, 3.8) is 0 Å². The predicted molar refractivity (Wildman–Crippen MR) is 62.2 cm³/mol. The first-order chi connectivity index (χ1) is 8.04. The normalized spacial score (nSPS) is 11.6. The van der Waals surface area contributed by atoms with Crippen LogP contribution in [0.4, 0.5) is 3.89 Å². The lowest BCUT2D eigenvalue weighted by atomic mass is 10.1. The molecule has 2 rings (SSSR count). The van der Waals surface area contributed by atoms with Crippen LogP contribution in [-0.4, -0.2) is 24.0 Å². The number of aryl methyl sites for hydroxylation is 1. The summed E-state index contributed by atoms with van der Waals surface area (Å²) in [5.41, 5.74) is 1.66. The standard InChI is InChI=1S/C11H11FN2O2S/c12-17(15,16)9-6-10-2-4-11(5-3-10)14-8-1-7-13-14/h1-5,7-8H,6,9H2. The molecule has 0 aliphatic carbocycles. The Hall–Kier alpha value is -1.69. The monoisotopic (exact) mass is 254 g/mol. The zero-order valence-corrected chi connectivity index (χ0v) is 9.77. The molecule has 0 saturated carbocycles. The van der Waals surface area contributed by atoms with Crippen LogP contribution >= 0.6 is 0 Å². The summed E-state index contributed by atoms with van der Waals surface area (Å²) >= 11 is 0. The smallest absolute Gasteiger partial charge is 0.241 e. The van der Waals surface area contributed by atoms with Crippen LogP contribution in [-0.2, 0) is 16.6 Å². The molecule has 6 heteroatoms. The lowest BCUT2D eigenvalue weighted by Crippen LogP contribution is -2.02. The Morgan fingerprint density at radius 3 is 2.47 bits per heavy atom. The minimum Gasteiger partial charge on any atom is -0.241 e. The van der Waals surface area contributed by atoms with E-state index in [9.17, 15) is 12.3 Å². The van der Waals surface area contributed by atoms with Crippen molar-refractivity contribution < 1.29 is 12.3 Å². The SMILES string of the molecule is O=S(=O)(F)CCc1ccc(-n2cccn2)cc1. The quantitative estimate of drug-likeness (QED) is 0.780. The van der Waals surface area contributed by atoms with E-state index in [2.05, 4.69) is 5.10 Å². The average molecular weight is 254 g/mol. The molecule has 0 unspecified atom stereocenters. The number of halogens is 1. The highest BCUT2D eigenvalue weighted by atomic mass is 32.3. The Bertz CT molecular complexity index is 576.